The van der Waals surface area contributed by atoms with E-state index in [0.29, 0.717) is 22.0 Å². The van der Waals surface area contributed by atoms with E-state index in [9.17, 15) is 9.59 Å². The average Bonchev–Trinajstić information content (AvgIpc) is 3.27. The molecule has 0 saturated carbocycles. The molecule has 0 spiro atoms. The number of likely N-dealkylation sites (N-methyl/N-ethyl adjacent to an activating group) is 1. The van der Waals surface area contributed by atoms with Crippen LogP contribution in [0.5, 0.6) is 5.75 Å². The predicted molar refractivity (Wildman–Crippen MR) is 124 cm³/mol. The second kappa shape index (κ2) is 9.48. The van der Waals surface area contributed by atoms with Crippen molar-refractivity contribution in [3.8, 4) is 5.75 Å². The van der Waals surface area contributed by atoms with Gasteiger partial charge in [0, 0.05) is 19.0 Å². The van der Waals surface area contributed by atoms with Crippen molar-refractivity contribution in [1.29, 1.82) is 0 Å². The van der Waals surface area contributed by atoms with E-state index in [1.54, 1.807) is 25.1 Å². The van der Waals surface area contributed by atoms with Gasteiger partial charge in [0.2, 0.25) is 11.0 Å². The summed E-state index contributed by atoms with van der Waals surface area (Å²) in [6.07, 6.45) is 2.96. The van der Waals surface area contributed by atoms with Crippen LogP contribution in [-0.2, 0) is 11.2 Å². The van der Waals surface area contributed by atoms with Crippen molar-refractivity contribution < 1.29 is 14.3 Å². The Morgan fingerprint density at radius 1 is 1.16 bits per heavy atom. The summed E-state index contributed by atoms with van der Waals surface area (Å²) in [6.45, 7) is 2.13. The van der Waals surface area contributed by atoms with Gasteiger partial charge in [-0.05, 0) is 35.7 Å². The highest BCUT2D eigenvalue weighted by molar-refractivity contribution is 7.15. The first-order valence-electron chi connectivity index (χ1n) is 10.7. The highest BCUT2D eigenvalue weighted by atomic mass is 32.1. The highest BCUT2D eigenvalue weighted by Crippen LogP contribution is 2.42. The quantitative estimate of drug-likeness (QED) is 0.575. The molecule has 2 aromatic carbocycles. The molecule has 0 aliphatic carbocycles. The predicted octanol–water partition coefficient (Wildman–Crippen LogP) is 4.44. The van der Waals surface area contributed by atoms with Crippen LogP contribution in [0.4, 0.5) is 5.13 Å². The second-order valence-electron chi connectivity index (χ2n) is 7.79. The Morgan fingerprint density at radius 2 is 1.91 bits per heavy atom. The van der Waals surface area contributed by atoms with E-state index < -0.39 is 12.0 Å². The molecule has 1 aromatic heterocycles. The number of amides is 2. The van der Waals surface area contributed by atoms with E-state index in [1.807, 2.05) is 42.5 Å². The zero-order valence-corrected chi connectivity index (χ0v) is 19.2. The Morgan fingerprint density at radius 3 is 2.62 bits per heavy atom. The summed E-state index contributed by atoms with van der Waals surface area (Å²) in [7, 11) is 3.34. The van der Waals surface area contributed by atoms with Crippen LogP contribution >= 0.6 is 11.3 Å². The van der Waals surface area contributed by atoms with E-state index in [0.717, 1.165) is 29.8 Å². The minimum Gasteiger partial charge on any atom is -0.497 e. The Kier molecular flexibility index (Phi) is 6.50. The second-order valence-corrected chi connectivity index (χ2v) is 8.85. The van der Waals surface area contributed by atoms with Gasteiger partial charge in [-0.15, -0.1) is 10.2 Å². The summed E-state index contributed by atoms with van der Waals surface area (Å²) in [5.41, 5.74) is 2.11. The van der Waals surface area contributed by atoms with Crippen molar-refractivity contribution in [3.05, 3.63) is 70.2 Å². The molecule has 7 nitrogen and oxygen atoms in total. The minimum absolute atomic E-state index is 0.108. The minimum atomic E-state index is -0.592. The molecular weight excluding hydrogens is 424 g/mol. The van der Waals surface area contributed by atoms with Gasteiger partial charge >= 0.3 is 0 Å². The molecule has 1 aliphatic heterocycles. The number of hydrogen-bond acceptors (Lipinski definition) is 6. The average molecular weight is 451 g/mol. The summed E-state index contributed by atoms with van der Waals surface area (Å²) in [5, 5.41) is 12.7. The van der Waals surface area contributed by atoms with Crippen molar-refractivity contribution in [2.75, 3.05) is 19.5 Å². The van der Waals surface area contributed by atoms with E-state index in [1.165, 1.54) is 11.3 Å². The van der Waals surface area contributed by atoms with Crippen LogP contribution in [0.15, 0.2) is 48.5 Å². The highest BCUT2D eigenvalue weighted by Gasteiger charge is 2.42. The third-order valence-corrected chi connectivity index (χ3v) is 6.66. The topological polar surface area (TPSA) is 84.4 Å². The third-order valence-electron chi connectivity index (χ3n) is 5.76. The number of rotatable bonds is 7. The molecular formula is C24H26N4O3S. The van der Waals surface area contributed by atoms with Gasteiger partial charge < -0.3 is 9.64 Å². The van der Waals surface area contributed by atoms with Crippen LogP contribution in [0.2, 0.25) is 0 Å². The fraction of sp³-hybridized carbons (Fsp3) is 0.333. The number of unbranched alkanes of at least 4 members (excludes halogenated alkanes) is 1. The maximum absolute atomic E-state index is 13.6. The van der Waals surface area contributed by atoms with Crippen LogP contribution < -0.4 is 10.1 Å². The number of benzene rings is 2. The molecule has 32 heavy (non-hydrogen) atoms. The summed E-state index contributed by atoms with van der Waals surface area (Å²) in [4.78, 5) is 28.3. The maximum Gasteiger partial charge on any atom is 0.254 e. The van der Waals surface area contributed by atoms with Crippen LogP contribution in [0, 0.1) is 0 Å². The van der Waals surface area contributed by atoms with Crippen LogP contribution in [0.3, 0.4) is 0 Å². The Bertz CT molecular complexity index is 1110. The van der Waals surface area contributed by atoms with Crippen LogP contribution in [-0.4, -0.2) is 41.1 Å². The lowest BCUT2D eigenvalue weighted by molar-refractivity contribution is -0.119. The number of hydrogen-bond donors (Lipinski definition) is 1. The lowest BCUT2D eigenvalue weighted by Crippen LogP contribution is -2.44. The number of carbonyl (C=O) groups excluding carboxylic acids is 2. The first-order chi connectivity index (χ1) is 15.5. The summed E-state index contributed by atoms with van der Waals surface area (Å²) in [6, 6.07) is 14.3. The summed E-state index contributed by atoms with van der Waals surface area (Å²) in [5.74, 6) is -0.197. The molecule has 2 atom stereocenters. The number of nitrogens with one attached hydrogen (secondary N) is 1. The van der Waals surface area contributed by atoms with Gasteiger partial charge in [-0.3, -0.25) is 14.9 Å². The zero-order chi connectivity index (χ0) is 22.7. The number of methoxy groups -OCH3 is 1. The van der Waals surface area contributed by atoms with Gasteiger partial charge in [0.1, 0.15) is 10.8 Å². The molecule has 0 bridgehead atoms. The normalized spacial score (nSPS) is 17.7. The van der Waals surface area contributed by atoms with Crippen molar-refractivity contribution in [3.63, 3.8) is 0 Å². The first kappa shape index (κ1) is 22.0. The number of carbonyl (C=O) groups is 2. The molecule has 1 N–H and O–H groups in total. The Balaban J connectivity index is 1.70. The van der Waals surface area contributed by atoms with Crippen LogP contribution in [0.25, 0.3) is 0 Å². The molecule has 0 radical (unpaired) electrons. The van der Waals surface area contributed by atoms with Crippen molar-refractivity contribution in [2.24, 2.45) is 0 Å². The molecule has 0 fully saturated rings. The number of fused-ring (bicyclic) bond motifs is 1. The van der Waals surface area contributed by atoms with E-state index in [4.69, 9.17) is 4.74 Å². The third kappa shape index (κ3) is 4.23. The van der Waals surface area contributed by atoms with E-state index in [2.05, 4.69) is 22.4 Å². The number of aromatic nitrogens is 2. The van der Waals surface area contributed by atoms with Crippen molar-refractivity contribution in [2.45, 2.75) is 38.1 Å². The fourth-order valence-corrected chi connectivity index (χ4v) is 4.88. The van der Waals surface area contributed by atoms with E-state index >= 15 is 0 Å². The van der Waals surface area contributed by atoms with Gasteiger partial charge in [0.05, 0.1) is 19.1 Å². The van der Waals surface area contributed by atoms with Gasteiger partial charge in [-0.25, -0.2) is 0 Å². The molecule has 166 valence electrons. The Hall–Kier alpha value is -3.26. The van der Waals surface area contributed by atoms with Crippen molar-refractivity contribution >= 4 is 28.3 Å². The molecule has 2 amide bonds. The molecule has 2 heterocycles. The summed E-state index contributed by atoms with van der Waals surface area (Å²) < 4.78 is 5.27. The van der Waals surface area contributed by atoms with Gasteiger partial charge in [0.15, 0.2) is 0 Å². The summed E-state index contributed by atoms with van der Waals surface area (Å²) >= 11 is 1.40. The van der Waals surface area contributed by atoms with Gasteiger partial charge in [-0.2, -0.15) is 0 Å². The first-order valence-corrected chi connectivity index (χ1v) is 11.5. The van der Waals surface area contributed by atoms with Gasteiger partial charge in [-0.1, -0.05) is 55.0 Å². The SMILES string of the molecule is CCCCc1nnc(NC(=O)[C@H]2c3ccccc3C(=O)N(C)[C@H]2c2ccc(OC)cc2)s1. The Labute approximate surface area is 191 Å². The number of ether oxygens (including phenoxy) is 1. The van der Waals surface area contributed by atoms with E-state index in [-0.39, 0.29) is 11.8 Å². The molecule has 8 heteroatoms. The number of anilines is 1. The van der Waals surface area contributed by atoms with Crippen LogP contribution in [0.1, 0.15) is 58.2 Å². The molecule has 0 saturated heterocycles. The monoisotopic (exact) mass is 450 g/mol. The lowest BCUT2D eigenvalue weighted by atomic mass is 9.79. The standard InChI is InChI=1S/C24H26N4O3S/c1-4-5-10-19-26-27-24(32-19)25-22(29)20-17-8-6-7-9-18(17)23(30)28(2)21(20)15-11-13-16(31-3)14-12-15/h6-9,11-14,20-21H,4-5,10H2,1-3H3,(H,25,27,29)/t20-,21-/m0/s1. The molecule has 4 rings (SSSR count). The zero-order valence-electron chi connectivity index (χ0n) is 18.4. The number of nitrogens with zero attached hydrogens (tertiary/aromatic N) is 3. The molecule has 0 unspecified atom stereocenters. The molecule has 1 aliphatic rings. The fourth-order valence-electron chi connectivity index (χ4n) is 4.09. The number of aryl methyl sites for hydroxylation is 1. The maximum atomic E-state index is 13.6. The largest absolute Gasteiger partial charge is 0.497 e. The smallest absolute Gasteiger partial charge is 0.254 e. The van der Waals surface area contributed by atoms with Crippen molar-refractivity contribution in [1.82, 2.24) is 15.1 Å². The molecule has 3 aromatic rings. The van der Waals surface area contributed by atoms with Gasteiger partial charge in [0.25, 0.3) is 5.91 Å². The lowest BCUT2D eigenvalue weighted by Gasteiger charge is -2.39.